The summed E-state index contributed by atoms with van der Waals surface area (Å²) in [5, 5.41) is 9.63. The Morgan fingerprint density at radius 3 is 1.23 bits per heavy atom. The van der Waals surface area contributed by atoms with E-state index in [0.717, 1.165) is 51.4 Å². The van der Waals surface area contributed by atoms with Crippen LogP contribution in [0.25, 0.3) is 0 Å². The van der Waals surface area contributed by atoms with Crippen LogP contribution in [0.1, 0.15) is 245 Å². The lowest BCUT2D eigenvalue weighted by molar-refractivity contribution is -0.870. The van der Waals surface area contributed by atoms with Crippen molar-refractivity contribution in [2.45, 2.75) is 257 Å². The van der Waals surface area contributed by atoms with Crippen molar-refractivity contribution >= 4 is 17.9 Å². The summed E-state index contributed by atoms with van der Waals surface area (Å²) in [7, 11) is 5.96. The summed E-state index contributed by atoms with van der Waals surface area (Å²) in [4.78, 5) is 37.0. The SMILES string of the molecule is CCCCCCC/C=C\C/C=C\C/C=C\CCCCCCCCCCCCCCCCCCCCC(=O)OC(COC(=O)CCCCCCCCC)COC(OCC[N+](C)(C)C)C(=O)O. The van der Waals surface area contributed by atoms with Gasteiger partial charge in [0.2, 0.25) is 0 Å². The fourth-order valence-electron chi connectivity index (χ4n) is 7.67. The number of quaternary nitrogens is 1. The monoisotopic (exact) mass is 919 g/mol. The summed E-state index contributed by atoms with van der Waals surface area (Å²) < 4.78 is 22.7. The normalized spacial score (nSPS) is 13.1. The number of esters is 2. The van der Waals surface area contributed by atoms with Crippen molar-refractivity contribution in [2.24, 2.45) is 0 Å². The molecule has 0 radical (unpaired) electrons. The van der Waals surface area contributed by atoms with E-state index in [2.05, 4.69) is 50.3 Å². The molecule has 0 spiro atoms. The molecule has 0 aliphatic rings. The molecule has 65 heavy (non-hydrogen) atoms. The summed E-state index contributed by atoms with van der Waals surface area (Å²) in [5.41, 5.74) is 0. The van der Waals surface area contributed by atoms with Crippen LogP contribution < -0.4 is 0 Å². The molecule has 0 aromatic heterocycles. The standard InChI is InChI=1S/C56H103NO8/c1-6-8-10-12-14-15-16-17-18-19-20-21-22-23-24-25-26-27-28-29-30-31-32-33-34-35-36-37-38-39-41-43-45-47-54(59)65-52(50-63-53(58)46-44-42-40-13-11-9-7-2)51-64-56(55(60)61)62-49-48-57(3,4)5/h16-17,19-20,22-23,52,56H,6-15,18,21,24-51H2,1-5H3/p+1/b17-16-,20-19-,23-22-. The van der Waals surface area contributed by atoms with Crippen molar-refractivity contribution in [3.63, 3.8) is 0 Å². The van der Waals surface area contributed by atoms with Crippen molar-refractivity contribution in [1.82, 2.24) is 0 Å². The van der Waals surface area contributed by atoms with Crippen LogP contribution in [0.4, 0.5) is 0 Å². The van der Waals surface area contributed by atoms with Crippen molar-refractivity contribution in [3.05, 3.63) is 36.5 Å². The van der Waals surface area contributed by atoms with Crippen molar-refractivity contribution in [2.75, 3.05) is 47.5 Å². The molecule has 0 fully saturated rings. The largest absolute Gasteiger partial charge is 0.477 e. The summed E-state index contributed by atoms with van der Waals surface area (Å²) >= 11 is 0. The fourth-order valence-corrected chi connectivity index (χ4v) is 7.67. The quantitative estimate of drug-likeness (QED) is 0.0211. The first kappa shape index (κ1) is 62.5. The molecule has 0 aromatic carbocycles. The Kier molecular flexibility index (Phi) is 46.1. The highest BCUT2D eigenvalue weighted by molar-refractivity contribution is 5.71. The Morgan fingerprint density at radius 1 is 0.462 bits per heavy atom. The molecule has 0 aliphatic heterocycles. The molecule has 0 rings (SSSR count). The second kappa shape index (κ2) is 48.0. The van der Waals surface area contributed by atoms with Crippen LogP contribution in [-0.2, 0) is 33.3 Å². The molecular formula is C56H104NO8+. The van der Waals surface area contributed by atoms with Crippen LogP contribution in [0.3, 0.4) is 0 Å². The van der Waals surface area contributed by atoms with Gasteiger partial charge in [-0.05, 0) is 51.4 Å². The highest BCUT2D eigenvalue weighted by Crippen LogP contribution is 2.16. The van der Waals surface area contributed by atoms with Gasteiger partial charge in [0.1, 0.15) is 13.2 Å². The average molecular weight is 919 g/mol. The zero-order chi connectivity index (χ0) is 47.7. The molecule has 2 unspecified atom stereocenters. The molecule has 0 amide bonds. The van der Waals surface area contributed by atoms with Crippen LogP contribution >= 0.6 is 0 Å². The van der Waals surface area contributed by atoms with Crippen LogP contribution in [0.15, 0.2) is 36.5 Å². The summed E-state index contributed by atoms with van der Waals surface area (Å²) in [6.45, 7) is 4.83. The Balaban J connectivity index is 3.96. The number of hydrogen-bond donors (Lipinski definition) is 1. The summed E-state index contributed by atoms with van der Waals surface area (Å²) in [6.07, 6.45) is 54.0. The minimum absolute atomic E-state index is 0.178. The van der Waals surface area contributed by atoms with Crippen LogP contribution in [0, 0.1) is 0 Å². The van der Waals surface area contributed by atoms with E-state index in [4.69, 9.17) is 18.9 Å². The van der Waals surface area contributed by atoms with E-state index in [1.165, 1.54) is 167 Å². The second-order valence-electron chi connectivity index (χ2n) is 19.5. The molecule has 380 valence electrons. The third-order valence-electron chi connectivity index (χ3n) is 11.9. The molecule has 2 atom stereocenters. The zero-order valence-corrected chi connectivity index (χ0v) is 43.2. The summed E-state index contributed by atoms with van der Waals surface area (Å²) in [6, 6.07) is 0. The van der Waals surface area contributed by atoms with E-state index < -0.39 is 24.3 Å². The third-order valence-corrected chi connectivity index (χ3v) is 11.9. The first-order valence-electron chi connectivity index (χ1n) is 27.2. The van der Waals surface area contributed by atoms with E-state index in [9.17, 15) is 19.5 Å². The van der Waals surface area contributed by atoms with Gasteiger partial charge in [0, 0.05) is 12.8 Å². The van der Waals surface area contributed by atoms with Crippen LogP contribution in [0.2, 0.25) is 0 Å². The van der Waals surface area contributed by atoms with Gasteiger partial charge in [0.15, 0.2) is 6.10 Å². The average Bonchev–Trinajstić information content (AvgIpc) is 3.27. The van der Waals surface area contributed by atoms with Crippen LogP contribution in [-0.4, -0.2) is 87.4 Å². The molecule has 0 bridgehead atoms. The molecule has 9 heteroatoms. The third kappa shape index (κ3) is 49.2. The minimum atomic E-state index is -1.50. The lowest BCUT2D eigenvalue weighted by Gasteiger charge is -2.25. The van der Waals surface area contributed by atoms with Gasteiger partial charge < -0.3 is 28.5 Å². The molecular weight excluding hydrogens is 815 g/mol. The number of rotatable bonds is 50. The van der Waals surface area contributed by atoms with Gasteiger partial charge in [-0.15, -0.1) is 0 Å². The Labute approximate surface area is 400 Å². The van der Waals surface area contributed by atoms with Crippen molar-refractivity contribution in [3.8, 4) is 0 Å². The zero-order valence-electron chi connectivity index (χ0n) is 43.2. The molecule has 1 N–H and O–H groups in total. The van der Waals surface area contributed by atoms with Gasteiger partial charge in [-0.1, -0.05) is 217 Å². The number of carboxylic acid groups (broad SMARTS) is 1. The van der Waals surface area contributed by atoms with Gasteiger partial charge >= 0.3 is 17.9 Å². The van der Waals surface area contributed by atoms with Crippen molar-refractivity contribution in [1.29, 1.82) is 0 Å². The topological polar surface area (TPSA) is 108 Å². The minimum Gasteiger partial charge on any atom is -0.477 e. The Hall–Kier alpha value is -2.49. The number of carbonyl (C=O) groups is 3. The first-order valence-corrected chi connectivity index (χ1v) is 27.2. The van der Waals surface area contributed by atoms with E-state index in [-0.39, 0.29) is 32.2 Å². The highest BCUT2D eigenvalue weighted by Gasteiger charge is 2.25. The molecule has 0 aliphatic carbocycles. The van der Waals surface area contributed by atoms with Crippen LogP contribution in [0.5, 0.6) is 0 Å². The van der Waals surface area contributed by atoms with Gasteiger partial charge in [-0.2, -0.15) is 0 Å². The van der Waals surface area contributed by atoms with Gasteiger partial charge in [-0.3, -0.25) is 9.59 Å². The Morgan fingerprint density at radius 2 is 0.831 bits per heavy atom. The number of allylic oxidation sites excluding steroid dienone is 6. The second-order valence-corrected chi connectivity index (χ2v) is 19.5. The predicted octanol–water partition coefficient (Wildman–Crippen LogP) is 15.3. The number of aliphatic carboxylic acids is 1. The number of unbranched alkanes of at least 4 members (excludes halogenated alkanes) is 29. The van der Waals surface area contributed by atoms with E-state index >= 15 is 0 Å². The lowest BCUT2D eigenvalue weighted by Crippen LogP contribution is -2.40. The fraction of sp³-hybridized carbons (Fsp3) is 0.839. The van der Waals surface area contributed by atoms with Gasteiger partial charge in [0.25, 0.3) is 6.29 Å². The van der Waals surface area contributed by atoms with E-state index in [1.807, 2.05) is 21.1 Å². The Bertz CT molecular complexity index is 1160. The number of carbonyl (C=O) groups excluding carboxylic acids is 2. The maximum atomic E-state index is 12.8. The number of hydrogen-bond acceptors (Lipinski definition) is 7. The number of ether oxygens (including phenoxy) is 4. The van der Waals surface area contributed by atoms with E-state index in [0.29, 0.717) is 17.4 Å². The smallest absolute Gasteiger partial charge is 0.361 e. The molecule has 0 saturated carbocycles. The lowest BCUT2D eigenvalue weighted by atomic mass is 10.0. The predicted molar refractivity (Wildman–Crippen MR) is 272 cm³/mol. The molecule has 9 nitrogen and oxygen atoms in total. The maximum absolute atomic E-state index is 12.8. The van der Waals surface area contributed by atoms with Gasteiger partial charge in [-0.25, -0.2) is 4.79 Å². The maximum Gasteiger partial charge on any atom is 0.361 e. The first-order chi connectivity index (χ1) is 31.6. The number of nitrogens with zero attached hydrogens (tertiary/aromatic N) is 1. The van der Waals surface area contributed by atoms with E-state index in [1.54, 1.807) is 0 Å². The number of likely N-dealkylation sites (N-methyl/N-ethyl adjacent to an activating group) is 1. The number of carboxylic acids is 1. The summed E-state index contributed by atoms with van der Waals surface area (Å²) in [5.74, 6) is -2.00. The van der Waals surface area contributed by atoms with Crippen molar-refractivity contribution < 1.29 is 42.9 Å². The highest BCUT2D eigenvalue weighted by atomic mass is 16.7. The molecule has 0 aromatic rings. The van der Waals surface area contributed by atoms with Gasteiger partial charge in [0.05, 0.1) is 34.4 Å². The molecule has 0 saturated heterocycles. The molecule has 0 heterocycles.